The van der Waals surface area contributed by atoms with Gasteiger partial charge in [0.15, 0.2) is 0 Å². The van der Waals surface area contributed by atoms with Crippen molar-refractivity contribution >= 4 is 11.5 Å². The average molecular weight is 239 g/mol. The molecule has 6 heteroatoms. The summed E-state index contributed by atoms with van der Waals surface area (Å²) in [7, 11) is 0. The van der Waals surface area contributed by atoms with Gasteiger partial charge in [-0.05, 0) is 19.3 Å². The van der Waals surface area contributed by atoms with Crippen LogP contribution in [-0.2, 0) is 0 Å². The van der Waals surface area contributed by atoms with Gasteiger partial charge in [-0.15, -0.1) is 0 Å². The maximum atomic E-state index is 10.6. The Morgan fingerprint density at radius 3 is 2.65 bits per heavy atom. The van der Waals surface area contributed by atoms with Crippen LogP contribution in [0.3, 0.4) is 0 Å². The van der Waals surface area contributed by atoms with Gasteiger partial charge in [-0.1, -0.05) is 13.8 Å². The van der Waals surface area contributed by atoms with Gasteiger partial charge in [0, 0.05) is 0 Å². The first kappa shape index (κ1) is 13.2. The van der Waals surface area contributed by atoms with Crippen LogP contribution in [0.15, 0.2) is 12.1 Å². The molecule has 0 bridgehead atoms. The van der Waals surface area contributed by atoms with E-state index in [0.717, 1.165) is 6.42 Å². The van der Waals surface area contributed by atoms with Gasteiger partial charge >= 0.3 is 0 Å². The smallest absolute Gasteiger partial charge is 0.278 e. The van der Waals surface area contributed by atoms with Crippen LogP contribution >= 0.6 is 0 Å². The molecule has 0 aliphatic carbocycles. The van der Waals surface area contributed by atoms with E-state index in [9.17, 15) is 10.1 Å². The molecule has 0 fully saturated rings. The fourth-order valence-electron chi connectivity index (χ4n) is 1.60. The highest BCUT2D eigenvalue weighted by molar-refractivity contribution is 5.45. The van der Waals surface area contributed by atoms with Crippen molar-refractivity contribution in [2.75, 3.05) is 5.73 Å². The quantitative estimate of drug-likeness (QED) is 0.629. The zero-order valence-corrected chi connectivity index (χ0v) is 10.2. The number of aromatic nitrogens is 1. The molecule has 1 rings (SSSR count). The summed E-state index contributed by atoms with van der Waals surface area (Å²) in [5.74, 6) is 0.775. The van der Waals surface area contributed by atoms with Crippen molar-refractivity contribution in [2.45, 2.75) is 33.3 Å². The Labute approximate surface area is 99.9 Å². The third-order valence-electron chi connectivity index (χ3n) is 2.14. The lowest BCUT2D eigenvalue weighted by atomic mass is 10.1. The number of hydrogen-bond acceptors (Lipinski definition) is 5. The Hall–Kier alpha value is -1.85. The number of anilines is 1. The Kier molecular flexibility index (Phi) is 4.25. The molecule has 0 saturated heterocycles. The third kappa shape index (κ3) is 4.26. The maximum absolute atomic E-state index is 10.6. The van der Waals surface area contributed by atoms with Crippen LogP contribution < -0.4 is 10.5 Å². The van der Waals surface area contributed by atoms with E-state index < -0.39 is 4.92 Å². The largest absolute Gasteiger partial charge is 0.474 e. The summed E-state index contributed by atoms with van der Waals surface area (Å²) >= 11 is 0. The molecular weight excluding hydrogens is 222 g/mol. The van der Waals surface area contributed by atoms with Crippen molar-refractivity contribution in [3.63, 3.8) is 0 Å². The Balaban J connectivity index is 2.80. The van der Waals surface area contributed by atoms with Gasteiger partial charge in [-0.25, -0.2) is 0 Å². The molecule has 17 heavy (non-hydrogen) atoms. The van der Waals surface area contributed by atoms with Gasteiger partial charge in [0.25, 0.3) is 5.69 Å². The van der Waals surface area contributed by atoms with Crippen molar-refractivity contribution < 1.29 is 9.66 Å². The molecule has 1 unspecified atom stereocenters. The number of pyridine rings is 1. The Morgan fingerprint density at radius 2 is 2.12 bits per heavy atom. The molecule has 0 aromatic carbocycles. The molecular formula is C11H17N3O3. The van der Waals surface area contributed by atoms with Gasteiger partial charge in [0.2, 0.25) is 5.88 Å². The normalized spacial score (nSPS) is 12.5. The van der Waals surface area contributed by atoms with E-state index in [-0.39, 0.29) is 23.5 Å². The lowest BCUT2D eigenvalue weighted by molar-refractivity contribution is -0.384. The van der Waals surface area contributed by atoms with Crippen molar-refractivity contribution in [3.05, 3.63) is 22.2 Å². The summed E-state index contributed by atoms with van der Waals surface area (Å²) < 4.78 is 5.50. The summed E-state index contributed by atoms with van der Waals surface area (Å²) in [5.41, 5.74) is 5.37. The molecule has 0 spiro atoms. The predicted molar refractivity (Wildman–Crippen MR) is 64.8 cm³/mol. The maximum Gasteiger partial charge on any atom is 0.278 e. The van der Waals surface area contributed by atoms with Gasteiger partial charge in [-0.2, -0.15) is 4.98 Å². The molecule has 1 aromatic heterocycles. The summed E-state index contributed by atoms with van der Waals surface area (Å²) in [6, 6.07) is 2.49. The van der Waals surface area contributed by atoms with E-state index in [1.807, 2.05) is 6.92 Å². The van der Waals surface area contributed by atoms with Crippen molar-refractivity contribution in [1.29, 1.82) is 0 Å². The minimum absolute atomic E-state index is 0.0519. The fourth-order valence-corrected chi connectivity index (χ4v) is 1.60. The minimum Gasteiger partial charge on any atom is -0.474 e. The van der Waals surface area contributed by atoms with Gasteiger partial charge in [0.1, 0.15) is 5.82 Å². The van der Waals surface area contributed by atoms with Crippen molar-refractivity contribution in [3.8, 4) is 5.88 Å². The van der Waals surface area contributed by atoms with Gasteiger partial charge in [0.05, 0.1) is 23.2 Å². The second-order valence-corrected chi connectivity index (χ2v) is 4.40. The van der Waals surface area contributed by atoms with E-state index in [1.165, 1.54) is 12.1 Å². The molecule has 0 amide bonds. The SMILES string of the molecule is CC(C)CC(C)Oc1cc([N+](=O)[O-])cc(N)n1. The van der Waals surface area contributed by atoms with E-state index in [2.05, 4.69) is 18.8 Å². The monoisotopic (exact) mass is 239 g/mol. The van der Waals surface area contributed by atoms with Crippen LogP contribution in [0.1, 0.15) is 27.2 Å². The fraction of sp³-hybridized carbons (Fsp3) is 0.545. The molecule has 1 aromatic rings. The molecule has 94 valence electrons. The average Bonchev–Trinajstić information content (AvgIpc) is 2.14. The van der Waals surface area contributed by atoms with Crippen LogP contribution in [0.25, 0.3) is 0 Å². The molecule has 0 radical (unpaired) electrons. The Morgan fingerprint density at radius 1 is 1.47 bits per heavy atom. The van der Waals surface area contributed by atoms with Gasteiger partial charge < -0.3 is 10.5 Å². The van der Waals surface area contributed by atoms with E-state index in [4.69, 9.17) is 10.5 Å². The summed E-state index contributed by atoms with van der Waals surface area (Å²) in [4.78, 5) is 14.0. The zero-order valence-electron chi connectivity index (χ0n) is 10.2. The number of nitrogens with two attached hydrogens (primary N) is 1. The van der Waals surface area contributed by atoms with Crippen LogP contribution in [0, 0.1) is 16.0 Å². The summed E-state index contributed by atoms with van der Waals surface area (Å²) in [6.45, 7) is 6.06. The molecule has 0 aliphatic rings. The topological polar surface area (TPSA) is 91.3 Å². The number of ether oxygens (including phenoxy) is 1. The highest BCUT2D eigenvalue weighted by atomic mass is 16.6. The van der Waals surface area contributed by atoms with Gasteiger partial charge in [-0.3, -0.25) is 10.1 Å². The molecule has 1 heterocycles. The highest BCUT2D eigenvalue weighted by Gasteiger charge is 2.13. The first-order valence-corrected chi connectivity index (χ1v) is 5.47. The number of hydrogen-bond donors (Lipinski definition) is 1. The molecule has 0 aliphatic heterocycles. The van der Waals surface area contributed by atoms with Crippen molar-refractivity contribution in [2.24, 2.45) is 5.92 Å². The number of nitrogens with zero attached hydrogens (tertiary/aromatic N) is 2. The summed E-state index contributed by atoms with van der Waals surface area (Å²) in [5, 5.41) is 10.6. The van der Waals surface area contributed by atoms with Crippen LogP contribution in [0.5, 0.6) is 5.88 Å². The second-order valence-electron chi connectivity index (χ2n) is 4.40. The predicted octanol–water partition coefficient (Wildman–Crippen LogP) is 2.39. The second kappa shape index (κ2) is 5.47. The van der Waals surface area contributed by atoms with E-state index in [1.54, 1.807) is 0 Å². The molecule has 2 N–H and O–H groups in total. The number of rotatable bonds is 5. The van der Waals surface area contributed by atoms with Crippen LogP contribution in [0.2, 0.25) is 0 Å². The van der Waals surface area contributed by atoms with Crippen molar-refractivity contribution in [1.82, 2.24) is 4.98 Å². The number of nitrogen functional groups attached to an aromatic ring is 1. The number of nitro groups is 1. The minimum atomic E-state index is -0.516. The van der Waals surface area contributed by atoms with E-state index >= 15 is 0 Å². The summed E-state index contributed by atoms with van der Waals surface area (Å²) in [6.07, 6.45) is 0.800. The standard InChI is InChI=1S/C11H17N3O3/c1-7(2)4-8(3)17-11-6-9(14(15)16)5-10(12)13-11/h5-8H,4H2,1-3H3,(H2,12,13). The van der Waals surface area contributed by atoms with Crippen LogP contribution in [0.4, 0.5) is 11.5 Å². The zero-order chi connectivity index (χ0) is 13.0. The highest BCUT2D eigenvalue weighted by Crippen LogP contribution is 2.22. The molecule has 1 atom stereocenters. The lowest BCUT2D eigenvalue weighted by Gasteiger charge is -2.15. The molecule has 0 saturated carbocycles. The van der Waals surface area contributed by atoms with E-state index in [0.29, 0.717) is 5.92 Å². The molecule has 6 nitrogen and oxygen atoms in total. The lowest BCUT2D eigenvalue weighted by Crippen LogP contribution is -2.15. The van der Waals surface area contributed by atoms with Crippen LogP contribution in [-0.4, -0.2) is 16.0 Å². The third-order valence-corrected chi connectivity index (χ3v) is 2.14. The first-order chi connectivity index (χ1) is 7.88. The Bertz CT molecular complexity index is 407. The first-order valence-electron chi connectivity index (χ1n) is 5.47.